The molecule has 0 aromatic rings. The van der Waals surface area contributed by atoms with Crippen molar-refractivity contribution >= 4 is 17.7 Å². The van der Waals surface area contributed by atoms with Gasteiger partial charge >= 0.3 is 5.97 Å². The van der Waals surface area contributed by atoms with Gasteiger partial charge in [-0.2, -0.15) is 0 Å². The predicted molar refractivity (Wildman–Crippen MR) is 155 cm³/mol. The minimum Gasteiger partial charge on any atom is -0.461 e. The van der Waals surface area contributed by atoms with E-state index in [9.17, 15) is 14.4 Å². The third-order valence-corrected chi connectivity index (χ3v) is 12.4. The third kappa shape index (κ3) is 5.83. The molecule has 4 aliphatic rings. The molecule has 0 aromatic heterocycles. The SMILES string of the molecule is CC[C@@H](C)[C@@H](N)CC(=O)N[C@H](C(=O)O[C@@H]1CC[C@@]2(C)[C@@H](CC[C@@H]3[C@@H]2CC[C@]2(C)[C@@H](C(C)=O)CC[C@@H]32)C1)C(C)C. The average molecular weight is 545 g/mol. The smallest absolute Gasteiger partial charge is 0.329 e. The molecule has 3 N–H and O–H groups in total. The maximum absolute atomic E-state index is 13.3. The molecule has 4 saturated carbocycles. The quantitative estimate of drug-likeness (QED) is 0.344. The number of carbonyl (C=O) groups excluding carboxylic acids is 3. The van der Waals surface area contributed by atoms with Crippen LogP contribution in [0.25, 0.3) is 0 Å². The first-order valence-electron chi connectivity index (χ1n) is 16.1. The molecule has 0 saturated heterocycles. The zero-order valence-corrected chi connectivity index (χ0v) is 25.8. The van der Waals surface area contributed by atoms with Gasteiger partial charge in [0, 0.05) is 18.4 Å². The topological polar surface area (TPSA) is 98.5 Å². The Morgan fingerprint density at radius 1 is 0.949 bits per heavy atom. The van der Waals surface area contributed by atoms with Gasteiger partial charge in [-0.15, -0.1) is 0 Å². The molecule has 0 heterocycles. The lowest BCUT2D eigenvalue weighted by atomic mass is 9.44. The van der Waals surface area contributed by atoms with E-state index in [2.05, 4.69) is 33.0 Å². The highest BCUT2D eigenvalue weighted by molar-refractivity contribution is 5.85. The number of nitrogens with one attached hydrogen (secondary N) is 1. The van der Waals surface area contributed by atoms with E-state index in [-0.39, 0.29) is 53.6 Å². The summed E-state index contributed by atoms with van der Waals surface area (Å²) in [6.07, 6.45) is 11.2. The molecule has 0 spiro atoms. The fraction of sp³-hybridized carbons (Fsp3) is 0.909. The summed E-state index contributed by atoms with van der Waals surface area (Å²) in [5, 5.41) is 2.94. The minimum absolute atomic E-state index is 0.0487. The third-order valence-electron chi connectivity index (χ3n) is 12.4. The molecule has 0 aliphatic heterocycles. The molecule has 222 valence electrons. The van der Waals surface area contributed by atoms with E-state index in [0.717, 1.165) is 38.0 Å². The summed E-state index contributed by atoms with van der Waals surface area (Å²) < 4.78 is 6.12. The first kappa shape index (κ1) is 30.5. The molecular formula is C33H56N2O4. The Morgan fingerprint density at radius 2 is 1.62 bits per heavy atom. The zero-order chi connectivity index (χ0) is 28.7. The van der Waals surface area contributed by atoms with Gasteiger partial charge in [0.15, 0.2) is 0 Å². The van der Waals surface area contributed by atoms with Crippen molar-refractivity contribution in [2.45, 2.75) is 137 Å². The molecule has 4 fully saturated rings. The molecule has 39 heavy (non-hydrogen) atoms. The number of Topliss-reactive ketones (excluding diaryl/α,β-unsaturated/α-hetero) is 1. The number of fused-ring (bicyclic) bond motifs is 5. The lowest BCUT2D eigenvalue weighted by Crippen LogP contribution is -2.55. The average Bonchev–Trinajstić information content (AvgIpc) is 3.24. The fourth-order valence-electron chi connectivity index (χ4n) is 9.68. The molecule has 11 atom stereocenters. The highest BCUT2D eigenvalue weighted by Crippen LogP contribution is 2.67. The second-order valence-corrected chi connectivity index (χ2v) is 14.8. The van der Waals surface area contributed by atoms with Crippen LogP contribution < -0.4 is 11.1 Å². The van der Waals surface area contributed by atoms with Gasteiger partial charge in [-0.3, -0.25) is 9.59 Å². The highest BCUT2D eigenvalue weighted by atomic mass is 16.5. The highest BCUT2D eigenvalue weighted by Gasteiger charge is 2.61. The summed E-state index contributed by atoms with van der Waals surface area (Å²) in [6.45, 7) is 14.8. The van der Waals surface area contributed by atoms with Crippen molar-refractivity contribution in [3.05, 3.63) is 0 Å². The van der Waals surface area contributed by atoms with Gasteiger partial charge in [0.05, 0.1) is 0 Å². The molecular weight excluding hydrogens is 488 g/mol. The second-order valence-electron chi connectivity index (χ2n) is 14.8. The van der Waals surface area contributed by atoms with Gasteiger partial charge in [0.2, 0.25) is 5.91 Å². The van der Waals surface area contributed by atoms with Crippen LogP contribution >= 0.6 is 0 Å². The van der Waals surface area contributed by atoms with E-state index in [1.165, 1.54) is 32.1 Å². The van der Waals surface area contributed by atoms with E-state index < -0.39 is 6.04 Å². The molecule has 0 bridgehead atoms. The molecule has 6 heteroatoms. The number of ketones is 1. The van der Waals surface area contributed by atoms with Crippen LogP contribution in [-0.2, 0) is 19.1 Å². The van der Waals surface area contributed by atoms with Crippen molar-refractivity contribution in [2.24, 2.45) is 58.0 Å². The van der Waals surface area contributed by atoms with Crippen molar-refractivity contribution in [1.29, 1.82) is 0 Å². The van der Waals surface area contributed by atoms with Crippen molar-refractivity contribution in [3.63, 3.8) is 0 Å². The van der Waals surface area contributed by atoms with Crippen LogP contribution in [0.5, 0.6) is 0 Å². The second kappa shape index (κ2) is 11.8. The number of esters is 1. The van der Waals surface area contributed by atoms with Gasteiger partial charge in [0.25, 0.3) is 0 Å². The molecule has 0 unspecified atom stereocenters. The number of hydrogen-bond donors (Lipinski definition) is 2. The molecule has 4 aliphatic carbocycles. The summed E-state index contributed by atoms with van der Waals surface area (Å²) in [6, 6.07) is -0.849. The zero-order valence-electron chi connectivity index (χ0n) is 25.8. The van der Waals surface area contributed by atoms with Crippen molar-refractivity contribution in [2.75, 3.05) is 0 Å². The van der Waals surface area contributed by atoms with Crippen molar-refractivity contribution in [1.82, 2.24) is 5.32 Å². The Bertz CT molecular complexity index is 919. The van der Waals surface area contributed by atoms with Crippen LogP contribution in [0.15, 0.2) is 0 Å². The monoisotopic (exact) mass is 544 g/mol. The Morgan fingerprint density at radius 3 is 2.26 bits per heavy atom. The van der Waals surface area contributed by atoms with Gasteiger partial charge < -0.3 is 15.8 Å². The first-order valence-corrected chi connectivity index (χ1v) is 16.1. The molecule has 0 aromatic carbocycles. The van der Waals surface area contributed by atoms with Crippen LogP contribution in [0.3, 0.4) is 0 Å². The predicted octanol–water partition coefficient (Wildman–Crippen LogP) is 6.05. The number of nitrogens with two attached hydrogens (primary N) is 1. The summed E-state index contributed by atoms with van der Waals surface area (Å²) >= 11 is 0. The van der Waals surface area contributed by atoms with Crippen LogP contribution in [0.2, 0.25) is 0 Å². The number of rotatable bonds is 9. The Kier molecular flexibility index (Phi) is 9.25. The van der Waals surface area contributed by atoms with Gasteiger partial charge in [-0.25, -0.2) is 4.79 Å². The Labute approximate surface area is 237 Å². The van der Waals surface area contributed by atoms with Crippen LogP contribution in [-0.4, -0.2) is 35.8 Å². The molecule has 1 amide bonds. The Balaban J connectivity index is 1.36. The number of ether oxygens (including phenoxy) is 1. The van der Waals surface area contributed by atoms with E-state index in [1.54, 1.807) is 0 Å². The van der Waals surface area contributed by atoms with Gasteiger partial charge in [-0.05, 0) is 111 Å². The summed E-state index contributed by atoms with van der Waals surface area (Å²) in [7, 11) is 0. The minimum atomic E-state index is -0.640. The van der Waals surface area contributed by atoms with Gasteiger partial charge in [-0.1, -0.05) is 48.0 Å². The molecule has 6 nitrogen and oxygen atoms in total. The van der Waals surface area contributed by atoms with E-state index in [0.29, 0.717) is 29.0 Å². The molecule has 4 rings (SSSR count). The number of carbonyl (C=O) groups is 3. The Hall–Kier alpha value is -1.43. The van der Waals surface area contributed by atoms with E-state index in [4.69, 9.17) is 10.5 Å². The van der Waals surface area contributed by atoms with Crippen molar-refractivity contribution < 1.29 is 19.1 Å². The van der Waals surface area contributed by atoms with Crippen LogP contribution in [0, 0.1) is 52.3 Å². The summed E-state index contributed by atoms with van der Waals surface area (Å²) in [5.41, 5.74) is 6.67. The maximum atomic E-state index is 13.3. The lowest BCUT2D eigenvalue weighted by molar-refractivity contribution is -0.166. The first-order chi connectivity index (χ1) is 18.3. The van der Waals surface area contributed by atoms with E-state index in [1.807, 2.05) is 20.8 Å². The standard InChI is InChI=1S/C33H56N2O4/c1-8-20(4)28(34)18-29(37)35-30(19(2)3)31(38)39-23-13-15-32(6)22(17-23)9-10-24-26-12-11-25(21(5)36)33(26,7)16-14-27(24)32/h19-20,22-28,30H,8-18,34H2,1-7H3,(H,35,37)/t20-,22+,23-,24+,25-,26+,27+,28+,30+,32+,33-/m1/s1. The molecule has 0 radical (unpaired) electrons. The van der Waals surface area contributed by atoms with Crippen LogP contribution in [0.4, 0.5) is 0 Å². The normalized spacial score (nSPS) is 40.0. The number of amides is 1. The van der Waals surface area contributed by atoms with Crippen LogP contribution in [0.1, 0.15) is 119 Å². The lowest BCUT2D eigenvalue weighted by Gasteiger charge is -2.61. The van der Waals surface area contributed by atoms with Crippen molar-refractivity contribution in [3.8, 4) is 0 Å². The van der Waals surface area contributed by atoms with E-state index >= 15 is 0 Å². The fourth-order valence-corrected chi connectivity index (χ4v) is 9.68. The maximum Gasteiger partial charge on any atom is 0.329 e. The van der Waals surface area contributed by atoms with Gasteiger partial charge in [0.1, 0.15) is 17.9 Å². The summed E-state index contributed by atoms with van der Waals surface area (Å²) in [5.74, 6) is 3.09. The number of hydrogen-bond acceptors (Lipinski definition) is 5. The summed E-state index contributed by atoms with van der Waals surface area (Å²) in [4.78, 5) is 38.4. The largest absolute Gasteiger partial charge is 0.461 e.